The minimum absolute atomic E-state index is 0.216. The molecule has 3 heterocycles. The van der Waals surface area contributed by atoms with Crippen LogP contribution in [0, 0.1) is 6.92 Å². The Bertz CT molecular complexity index is 1170. The Balaban J connectivity index is 1.68. The fraction of sp³-hybridized carbons (Fsp3) is 0.111. The van der Waals surface area contributed by atoms with Gasteiger partial charge in [0.05, 0.1) is 6.54 Å². The van der Waals surface area contributed by atoms with Gasteiger partial charge in [0.25, 0.3) is 0 Å². The normalized spacial score (nSPS) is 11.1. The maximum absolute atomic E-state index is 12.2. The number of fused-ring (bicyclic) bond motifs is 1. The summed E-state index contributed by atoms with van der Waals surface area (Å²) in [7, 11) is -1.61. The Morgan fingerprint density at radius 1 is 1.15 bits per heavy atom. The van der Waals surface area contributed by atoms with E-state index in [1.165, 1.54) is 17.0 Å². The van der Waals surface area contributed by atoms with Crippen LogP contribution in [-0.4, -0.2) is 36.7 Å². The molecule has 8 nitrogen and oxygen atoms in total. The number of oxazole rings is 1. The average Bonchev–Trinajstić information content (AvgIpc) is 2.97. The summed E-state index contributed by atoms with van der Waals surface area (Å²) in [5, 5.41) is 18.3. The summed E-state index contributed by atoms with van der Waals surface area (Å²) < 4.78 is 6.73. The molecule has 4 aromatic rings. The van der Waals surface area contributed by atoms with Gasteiger partial charge in [-0.3, -0.25) is 4.57 Å². The van der Waals surface area contributed by atoms with Crippen molar-refractivity contribution in [2.75, 3.05) is 0 Å². The van der Waals surface area contributed by atoms with Crippen molar-refractivity contribution in [3.05, 3.63) is 70.6 Å². The smallest absolute Gasteiger partial charge is 0.423 e. The second kappa shape index (κ2) is 6.78. The van der Waals surface area contributed by atoms with Crippen LogP contribution in [0.5, 0.6) is 0 Å². The molecule has 0 aliphatic heterocycles. The van der Waals surface area contributed by atoms with Crippen LogP contribution in [0.3, 0.4) is 0 Å². The van der Waals surface area contributed by atoms with E-state index in [1.807, 2.05) is 31.2 Å². The van der Waals surface area contributed by atoms with Crippen molar-refractivity contribution in [2.45, 2.75) is 13.5 Å². The van der Waals surface area contributed by atoms with Crippen molar-refractivity contribution in [1.29, 1.82) is 0 Å². The van der Waals surface area contributed by atoms with Gasteiger partial charge in [-0.2, -0.15) is 0 Å². The maximum atomic E-state index is 12.2. The van der Waals surface area contributed by atoms with Crippen LogP contribution in [0.25, 0.3) is 22.6 Å². The van der Waals surface area contributed by atoms with Gasteiger partial charge in [0.15, 0.2) is 17.1 Å². The number of aromatic nitrogens is 4. The molecule has 9 heteroatoms. The maximum Gasteiger partial charge on any atom is 0.491 e. The van der Waals surface area contributed by atoms with E-state index < -0.39 is 12.9 Å². The van der Waals surface area contributed by atoms with E-state index in [2.05, 4.69) is 15.0 Å². The van der Waals surface area contributed by atoms with E-state index in [-0.39, 0.29) is 5.46 Å². The molecule has 0 bridgehead atoms. The first-order valence-corrected chi connectivity index (χ1v) is 8.25. The molecule has 0 aliphatic rings. The van der Waals surface area contributed by atoms with Gasteiger partial charge >= 0.3 is 12.9 Å². The molecule has 4 rings (SSSR count). The molecule has 3 aromatic heterocycles. The highest BCUT2D eigenvalue weighted by atomic mass is 16.4. The van der Waals surface area contributed by atoms with Gasteiger partial charge < -0.3 is 14.5 Å². The number of hydrogen-bond acceptors (Lipinski definition) is 7. The van der Waals surface area contributed by atoms with E-state index in [1.54, 1.807) is 12.1 Å². The summed E-state index contributed by atoms with van der Waals surface area (Å²) in [6, 6.07) is 11.0. The lowest BCUT2D eigenvalue weighted by Crippen LogP contribution is -2.30. The molecule has 0 fully saturated rings. The van der Waals surface area contributed by atoms with Crippen LogP contribution in [0.4, 0.5) is 0 Å². The molecule has 27 heavy (non-hydrogen) atoms. The predicted molar refractivity (Wildman–Crippen MR) is 99.4 cm³/mol. The lowest BCUT2D eigenvalue weighted by atomic mass is 9.83. The summed E-state index contributed by atoms with van der Waals surface area (Å²) in [5.74, 6) is -0.0225. The zero-order valence-corrected chi connectivity index (χ0v) is 14.4. The predicted octanol–water partition coefficient (Wildman–Crippen LogP) is 0.483. The summed E-state index contributed by atoms with van der Waals surface area (Å²) in [5.41, 5.74) is 3.57. The first-order valence-electron chi connectivity index (χ1n) is 8.25. The molecular formula is C18H15BN4O4. The third-order valence-corrected chi connectivity index (χ3v) is 4.15. The van der Waals surface area contributed by atoms with Gasteiger partial charge in [-0.05, 0) is 30.7 Å². The quantitative estimate of drug-likeness (QED) is 0.508. The zero-order valence-electron chi connectivity index (χ0n) is 14.4. The Kier molecular flexibility index (Phi) is 4.31. The summed E-state index contributed by atoms with van der Waals surface area (Å²) in [4.78, 5) is 24.9. The molecule has 0 amide bonds. The SMILES string of the molecule is Cc1ccc2oc(=O)n(Cc3cccc(-c4ncc(B(O)O)cn4)c3)c2n1. The van der Waals surface area contributed by atoms with E-state index >= 15 is 0 Å². The fourth-order valence-electron chi connectivity index (χ4n) is 2.79. The van der Waals surface area contributed by atoms with E-state index in [9.17, 15) is 4.79 Å². The minimum atomic E-state index is -1.61. The molecule has 0 radical (unpaired) electrons. The Morgan fingerprint density at radius 3 is 2.67 bits per heavy atom. The number of benzene rings is 1. The number of pyridine rings is 1. The minimum Gasteiger partial charge on any atom is -0.423 e. The Labute approximate surface area is 153 Å². The summed E-state index contributed by atoms with van der Waals surface area (Å²) in [6.07, 6.45) is 2.72. The highest BCUT2D eigenvalue weighted by molar-refractivity contribution is 6.58. The van der Waals surface area contributed by atoms with Crippen LogP contribution in [0.2, 0.25) is 0 Å². The molecular weight excluding hydrogens is 347 g/mol. The molecule has 0 saturated carbocycles. The number of hydrogen-bond donors (Lipinski definition) is 2. The third kappa shape index (κ3) is 3.37. The molecule has 1 aromatic carbocycles. The lowest BCUT2D eigenvalue weighted by Gasteiger charge is -2.06. The van der Waals surface area contributed by atoms with Crippen LogP contribution in [0.15, 0.2) is 58.0 Å². The van der Waals surface area contributed by atoms with Gasteiger partial charge in [0, 0.05) is 29.1 Å². The average molecular weight is 362 g/mol. The first-order chi connectivity index (χ1) is 13.0. The number of rotatable bonds is 4. The van der Waals surface area contributed by atoms with Gasteiger partial charge in [0.2, 0.25) is 0 Å². The molecule has 2 N–H and O–H groups in total. The highest BCUT2D eigenvalue weighted by Gasteiger charge is 2.14. The van der Waals surface area contributed by atoms with Crippen molar-refractivity contribution in [2.24, 2.45) is 0 Å². The first kappa shape index (κ1) is 17.1. The van der Waals surface area contributed by atoms with Crippen molar-refractivity contribution < 1.29 is 14.5 Å². The standard InChI is InChI=1S/C18H15BN4O4/c1-11-5-6-15-17(22-11)23(18(24)27-15)10-12-3-2-4-13(7-12)16-20-8-14(9-21-16)19(25)26/h2-9,25-26H,10H2,1H3. The van der Waals surface area contributed by atoms with E-state index in [0.717, 1.165) is 16.8 Å². The number of aryl methyl sites for hydroxylation is 1. The zero-order chi connectivity index (χ0) is 19.0. The van der Waals surface area contributed by atoms with Crippen molar-refractivity contribution in [3.8, 4) is 11.4 Å². The second-order valence-electron chi connectivity index (χ2n) is 6.14. The molecule has 0 unspecified atom stereocenters. The lowest BCUT2D eigenvalue weighted by molar-refractivity contribution is 0.425. The Hall–Kier alpha value is -3.30. The third-order valence-electron chi connectivity index (χ3n) is 4.15. The topological polar surface area (TPSA) is 114 Å². The molecule has 0 spiro atoms. The highest BCUT2D eigenvalue weighted by Crippen LogP contribution is 2.18. The number of nitrogens with zero attached hydrogens (tertiary/aromatic N) is 4. The second-order valence-corrected chi connectivity index (χ2v) is 6.14. The van der Waals surface area contributed by atoms with Crippen LogP contribution in [0.1, 0.15) is 11.3 Å². The van der Waals surface area contributed by atoms with E-state index in [0.29, 0.717) is 23.6 Å². The Morgan fingerprint density at radius 2 is 1.93 bits per heavy atom. The molecule has 0 atom stereocenters. The fourth-order valence-corrected chi connectivity index (χ4v) is 2.79. The van der Waals surface area contributed by atoms with Crippen molar-refractivity contribution in [1.82, 2.24) is 19.5 Å². The van der Waals surface area contributed by atoms with Crippen LogP contribution >= 0.6 is 0 Å². The van der Waals surface area contributed by atoms with E-state index in [4.69, 9.17) is 14.5 Å². The van der Waals surface area contributed by atoms with Gasteiger partial charge in [-0.25, -0.2) is 19.7 Å². The molecule has 0 aliphatic carbocycles. The van der Waals surface area contributed by atoms with Gasteiger partial charge in [-0.15, -0.1) is 0 Å². The largest absolute Gasteiger partial charge is 0.491 e. The van der Waals surface area contributed by atoms with Crippen LogP contribution < -0.4 is 11.2 Å². The molecule has 0 saturated heterocycles. The van der Waals surface area contributed by atoms with Gasteiger partial charge in [-0.1, -0.05) is 18.2 Å². The summed E-state index contributed by atoms with van der Waals surface area (Å²) >= 11 is 0. The van der Waals surface area contributed by atoms with Crippen molar-refractivity contribution >= 4 is 23.8 Å². The summed E-state index contributed by atoms with van der Waals surface area (Å²) in [6.45, 7) is 2.15. The van der Waals surface area contributed by atoms with Crippen LogP contribution in [-0.2, 0) is 6.54 Å². The van der Waals surface area contributed by atoms with Crippen molar-refractivity contribution in [3.63, 3.8) is 0 Å². The monoisotopic (exact) mass is 362 g/mol. The van der Waals surface area contributed by atoms with Gasteiger partial charge in [0.1, 0.15) is 0 Å². The molecule has 134 valence electrons.